The van der Waals surface area contributed by atoms with Gasteiger partial charge in [0.25, 0.3) is 0 Å². The third kappa shape index (κ3) is 4.41. The van der Waals surface area contributed by atoms with Gasteiger partial charge in [-0.3, -0.25) is 4.79 Å². The smallest absolute Gasteiger partial charge is 0.243 e. The molecule has 0 aliphatic carbocycles. The summed E-state index contributed by atoms with van der Waals surface area (Å²) >= 11 is 0. The molecule has 0 saturated carbocycles. The maximum atomic E-state index is 13.4. The van der Waals surface area contributed by atoms with Crippen molar-refractivity contribution in [3.8, 4) is 5.75 Å². The summed E-state index contributed by atoms with van der Waals surface area (Å²) in [6.07, 6.45) is 3.04. The standard InChI is InChI=1S/C25H32N2O4S/c1-18-9-10-23(16-19(18)2)32(29,30)26-14-11-20(12-15-26)25(28)27-13-5-8-24(27)21-6-4-7-22(17-21)31-3/h4,6-7,9-10,16-17,20,24H,5,8,11-15H2,1-3H3. The summed E-state index contributed by atoms with van der Waals surface area (Å²) in [6.45, 7) is 5.41. The van der Waals surface area contributed by atoms with Gasteiger partial charge in [0.1, 0.15) is 5.75 Å². The van der Waals surface area contributed by atoms with Gasteiger partial charge in [-0.1, -0.05) is 18.2 Å². The number of carbonyl (C=O) groups excluding carboxylic acids is 1. The zero-order valence-corrected chi connectivity index (χ0v) is 19.9. The fourth-order valence-corrected chi connectivity index (χ4v) is 6.38. The van der Waals surface area contributed by atoms with Crippen molar-refractivity contribution in [1.29, 1.82) is 0 Å². The number of aryl methyl sites for hydroxylation is 2. The maximum Gasteiger partial charge on any atom is 0.243 e. The number of rotatable bonds is 5. The molecule has 2 aliphatic rings. The first-order valence-corrected chi connectivity index (χ1v) is 12.8. The van der Waals surface area contributed by atoms with Gasteiger partial charge in [-0.25, -0.2) is 8.42 Å². The largest absolute Gasteiger partial charge is 0.497 e. The average Bonchev–Trinajstić information content (AvgIpc) is 3.30. The van der Waals surface area contributed by atoms with Crippen LogP contribution in [0.15, 0.2) is 47.4 Å². The molecule has 2 aromatic carbocycles. The highest BCUT2D eigenvalue weighted by Gasteiger charge is 2.37. The molecule has 2 fully saturated rings. The first kappa shape index (κ1) is 22.8. The SMILES string of the molecule is COc1cccc(C2CCCN2C(=O)C2CCN(S(=O)(=O)c3ccc(C)c(C)c3)CC2)c1. The molecule has 1 unspecified atom stereocenters. The molecule has 1 amide bonds. The predicted molar refractivity (Wildman–Crippen MR) is 124 cm³/mol. The fourth-order valence-electron chi connectivity index (χ4n) is 4.83. The molecule has 0 aromatic heterocycles. The van der Waals surface area contributed by atoms with Gasteiger partial charge in [-0.2, -0.15) is 4.31 Å². The van der Waals surface area contributed by atoms with E-state index in [0.717, 1.165) is 41.8 Å². The molecule has 2 aromatic rings. The highest BCUT2D eigenvalue weighted by Crippen LogP contribution is 2.36. The highest BCUT2D eigenvalue weighted by atomic mass is 32.2. The molecule has 6 nitrogen and oxygen atoms in total. The van der Waals surface area contributed by atoms with E-state index in [1.165, 1.54) is 4.31 Å². The Labute approximate surface area is 191 Å². The number of likely N-dealkylation sites (tertiary alicyclic amines) is 1. The van der Waals surface area contributed by atoms with Crippen LogP contribution in [-0.2, 0) is 14.8 Å². The van der Waals surface area contributed by atoms with Crippen molar-refractivity contribution in [2.24, 2.45) is 5.92 Å². The van der Waals surface area contributed by atoms with Crippen molar-refractivity contribution < 1.29 is 17.9 Å². The molecule has 2 aliphatic heterocycles. The molecule has 172 valence electrons. The van der Waals surface area contributed by atoms with Gasteiger partial charge in [-0.15, -0.1) is 0 Å². The summed E-state index contributed by atoms with van der Waals surface area (Å²) in [4.78, 5) is 15.7. The monoisotopic (exact) mass is 456 g/mol. The lowest BCUT2D eigenvalue weighted by Crippen LogP contribution is -2.44. The number of piperidine rings is 1. The topological polar surface area (TPSA) is 66.9 Å². The van der Waals surface area contributed by atoms with E-state index in [9.17, 15) is 13.2 Å². The Balaban J connectivity index is 1.43. The Bertz CT molecular complexity index is 1090. The van der Waals surface area contributed by atoms with Crippen LogP contribution in [0.2, 0.25) is 0 Å². The van der Waals surface area contributed by atoms with E-state index in [-0.39, 0.29) is 17.9 Å². The Morgan fingerprint density at radius 1 is 0.969 bits per heavy atom. The molecule has 0 N–H and O–H groups in total. The van der Waals surface area contributed by atoms with E-state index >= 15 is 0 Å². The number of hydrogen-bond acceptors (Lipinski definition) is 4. The Kier molecular flexibility index (Phi) is 6.58. The molecule has 2 heterocycles. The van der Waals surface area contributed by atoms with Crippen LogP contribution in [0.1, 0.15) is 48.4 Å². The number of hydrogen-bond donors (Lipinski definition) is 0. The van der Waals surface area contributed by atoms with Gasteiger partial charge in [0.2, 0.25) is 15.9 Å². The minimum Gasteiger partial charge on any atom is -0.497 e. The normalized spacial score (nSPS) is 20.5. The lowest BCUT2D eigenvalue weighted by atomic mass is 9.95. The summed E-state index contributed by atoms with van der Waals surface area (Å²) in [5.41, 5.74) is 3.14. The summed E-state index contributed by atoms with van der Waals surface area (Å²) in [5.74, 6) is 0.817. The molecule has 4 rings (SSSR count). The van der Waals surface area contributed by atoms with E-state index in [1.807, 2.05) is 43.0 Å². The second-order valence-electron chi connectivity index (χ2n) is 8.89. The summed E-state index contributed by atoms with van der Waals surface area (Å²) < 4.78 is 33.1. The number of sulfonamides is 1. The minimum absolute atomic E-state index is 0.0647. The van der Waals surface area contributed by atoms with Crippen LogP contribution in [0.3, 0.4) is 0 Å². The Morgan fingerprint density at radius 2 is 1.72 bits per heavy atom. The third-order valence-electron chi connectivity index (χ3n) is 6.93. The van der Waals surface area contributed by atoms with Gasteiger partial charge in [0, 0.05) is 25.6 Å². The predicted octanol–water partition coefficient (Wildman–Crippen LogP) is 4.08. The van der Waals surface area contributed by atoms with Gasteiger partial charge in [0.15, 0.2) is 0 Å². The lowest BCUT2D eigenvalue weighted by Gasteiger charge is -2.34. The molecule has 0 spiro atoms. The van der Waals surface area contributed by atoms with Crippen LogP contribution < -0.4 is 4.74 Å². The van der Waals surface area contributed by atoms with E-state index in [0.29, 0.717) is 30.8 Å². The van der Waals surface area contributed by atoms with E-state index in [2.05, 4.69) is 6.07 Å². The number of ether oxygens (including phenoxy) is 1. The second kappa shape index (κ2) is 9.24. The number of carbonyl (C=O) groups is 1. The van der Waals surface area contributed by atoms with Crippen LogP contribution in [0.5, 0.6) is 5.75 Å². The van der Waals surface area contributed by atoms with Crippen LogP contribution in [0.25, 0.3) is 0 Å². The Morgan fingerprint density at radius 3 is 2.41 bits per heavy atom. The van der Waals surface area contributed by atoms with Crippen LogP contribution in [-0.4, -0.2) is 50.3 Å². The molecular weight excluding hydrogens is 424 g/mol. The lowest BCUT2D eigenvalue weighted by molar-refractivity contribution is -0.137. The number of amides is 1. The van der Waals surface area contributed by atoms with E-state index in [4.69, 9.17) is 4.74 Å². The van der Waals surface area contributed by atoms with Crippen LogP contribution in [0, 0.1) is 19.8 Å². The van der Waals surface area contributed by atoms with Crippen molar-refractivity contribution in [3.63, 3.8) is 0 Å². The van der Waals surface area contributed by atoms with Crippen molar-refractivity contribution in [2.45, 2.75) is 50.5 Å². The van der Waals surface area contributed by atoms with Crippen LogP contribution >= 0.6 is 0 Å². The van der Waals surface area contributed by atoms with Gasteiger partial charge in [-0.05, 0) is 80.5 Å². The van der Waals surface area contributed by atoms with E-state index in [1.54, 1.807) is 19.2 Å². The molecule has 2 saturated heterocycles. The summed E-state index contributed by atoms with van der Waals surface area (Å²) in [7, 11) is -1.89. The van der Waals surface area contributed by atoms with Crippen molar-refractivity contribution >= 4 is 15.9 Å². The van der Waals surface area contributed by atoms with Gasteiger partial charge in [0.05, 0.1) is 18.0 Å². The van der Waals surface area contributed by atoms with E-state index < -0.39 is 10.0 Å². The first-order valence-electron chi connectivity index (χ1n) is 11.3. The number of nitrogens with zero attached hydrogens (tertiary/aromatic N) is 2. The fraction of sp³-hybridized carbons (Fsp3) is 0.480. The molecular formula is C25H32N2O4S. The highest BCUT2D eigenvalue weighted by molar-refractivity contribution is 7.89. The van der Waals surface area contributed by atoms with Gasteiger partial charge < -0.3 is 9.64 Å². The first-order chi connectivity index (χ1) is 15.3. The zero-order chi connectivity index (χ0) is 22.9. The average molecular weight is 457 g/mol. The molecule has 32 heavy (non-hydrogen) atoms. The van der Waals surface area contributed by atoms with Crippen molar-refractivity contribution in [3.05, 3.63) is 59.2 Å². The number of benzene rings is 2. The maximum absolute atomic E-state index is 13.4. The van der Waals surface area contributed by atoms with Crippen molar-refractivity contribution in [1.82, 2.24) is 9.21 Å². The van der Waals surface area contributed by atoms with Crippen molar-refractivity contribution in [2.75, 3.05) is 26.7 Å². The zero-order valence-electron chi connectivity index (χ0n) is 19.1. The molecule has 0 bridgehead atoms. The van der Waals surface area contributed by atoms with Crippen LogP contribution in [0.4, 0.5) is 0 Å². The summed E-state index contributed by atoms with van der Waals surface area (Å²) in [5, 5.41) is 0. The second-order valence-corrected chi connectivity index (χ2v) is 10.8. The molecule has 7 heteroatoms. The Hall–Kier alpha value is -2.38. The minimum atomic E-state index is -3.54. The molecule has 1 atom stereocenters. The summed E-state index contributed by atoms with van der Waals surface area (Å²) in [6, 6.07) is 13.3. The third-order valence-corrected chi connectivity index (χ3v) is 8.83. The molecule has 0 radical (unpaired) electrons. The quantitative estimate of drug-likeness (QED) is 0.680. The van der Waals surface area contributed by atoms with Gasteiger partial charge >= 0.3 is 0 Å². The number of methoxy groups -OCH3 is 1.